The molecule has 94 valence electrons. The molecule has 1 aromatic carbocycles. The van der Waals surface area contributed by atoms with Crippen molar-refractivity contribution in [3.05, 3.63) is 35.9 Å². The molecule has 1 rings (SSSR count). The van der Waals surface area contributed by atoms with Gasteiger partial charge in [-0.1, -0.05) is 30.3 Å². The zero-order valence-corrected chi connectivity index (χ0v) is 10.8. The summed E-state index contributed by atoms with van der Waals surface area (Å²) in [5.74, 6) is -0.360. The average Bonchev–Trinajstić information content (AvgIpc) is 2.37. The summed E-state index contributed by atoms with van der Waals surface area (Å²) in [6.07, 6.45) is -0.271. The van der Waals surface area contributed by atoms with Gasteiger partial charge in [0.05, 0.1) is 0 Å². The van der Waals surface area contributed by atoms with Crippen LogP contribution in [0, 0.1) is 0 Å². The van der Waals surface area contributed by atoms with E-state index in [1.54, 1.807) is 0 Å². The summed E-state index contributed by atoms with van der Waals surface area (Å²) >= 11 is 0. The summed E-state index contributed by atoms with van der Waals surface area (Å²) in [5.41, 5.74) is 0.977. The number of benzene rings is 1. The van der Waals surface area contributed by atoms with Gasteiger partial charge in [0.2, 0.25) is 5.91 Å². The molecule has 0 saturated heterocycles. The molecule has 0 aliphatic rings. The number of nitrogens with one attached hydrogen (secondary N) is 1. The lowest BCUT2D eigenvalue weighted by atomic mass is 10.2. The largest absolute Gasteiger partial charge is 0.351 e. The molecule has 5 nitrogen and oxygen atoms in total. The molecular formula is C11H16NO4P. The van der Waals surface area contributed by atoms with Gasteiger partial charge in [-0.25, -0.2) is 0 Å². The van der Waals surface area contributed by atoms with Crippen LogP contribution in [0.25, 0.3) is 0 Å². The summed E-state index contributed by atoms with van der Waals surface area (Å²) in [6, 6.07) is 9.46. The fourth-order valence-electron chi connectivity index (χ4n) is 1.23. The van der Waals surface area contributed by atoms with Crippen molar-refractivity contribution in [2.45, 2.75) is 6.54 Å². The molecule has 0 bridgehead atoms. The van der Waals surface area contributed by atoms with Gasteiger partial charge >= 0.3 is 7.60 Å². The minimum Gasteiger partial charge on any atom is -0.351 e. The molecule has 0 heterocycles. The number of amides is 1. The van der Waals surface area contributed by atoms with Crippen LogP contribution < -0.4 is 5.32 Å². The van der Waals surface area contributed by atoms with Crippen molar-refractivity contribution in [1.82, 2.24) is 5.32 Å². The van der Waals surface area contributed by atoms with Gasteiger partial charge < -0.3 is 14.4 Å². The van der Waals surface area contributed by atoms with Crippen molar-refractivity contribution in [2.24, 2.45) is 0 Å². The van der Waals surface area contributed by atoms with E-state index in [2.05, 4.69) is 14.4 Å². The van der Waals surface area contributed by atoms with Crippen LogP contribution in [0.3, 0.4) is 0 Å². The highest BCUT2D eigenvalue weighted by atomic mass is 31.2. The predicted octanol–water partition coefficient (Wildman–Crippen LogP) is 1.79. The first-order valence-corrected chi connectivity index (χ1v) is 6.83. The summed E-state index contributed by atoms with van der Waals surface area (Å²) < 4.78 is 21.0. The molecule has 0 unspecified atom stereocenters. The standard InChI is InChI=1S/C11H16NO4P/c1-15-17(14,16-2)9-11(13)12-8-10-6-4-3-5-7-10/h3-7H,8-9H2,1-2H3,(H,12,13). The lowest BCUT2D eigenvalue weighted by Gasteiger charge is -2.13. The van der Waals surface area contributed by atoms with Crippen LogP contribution >= 0.6 is 7.60 Å². The zero-order valence-electron chi connectivity index (χ0n) is 9.88. The lowest BCUT2D eigenvalue weighted by Crippen LogP contribution is -2.26. The molecular weight excluding hydrogens is 241 g/mol. The normalized spacial score (nSPS) is 11.2. The average molecular weight is 257 g/mol. The maximum absolute atomic E-state index is 11.7. The van der Waals surface area contributed by atoms with Crippen molar-refractivity contribution in [1.29, 1.82) is 0 Å². The van der Waals surface area contributed by atoms with Crippen LogP contribution in [0.4, 0.5) is 0 Å². The van der Waals surface area contributed by atoms with E-state index in [-0.39, 0.29) is 12.1 Å². The third-order valence-corrected chi connectivity index (χ3v) is 4.01. The zero-order chi connectivity index (χ0) is 12.7. The van der Waals surface area contributed by atoms with Crippen LogP contribution in [0.1, 0.15) is 5.56 Å². The van der Waals surface area contributed by atoms with Crippen molar-refractivity contribution in [2.75, 3.05) is 20.4 Å². The van der Waals surface area contributed by atoms with Crippen molar-refractivity contribution in [3.63, 3.8) is 0 Å². The molecule has 0 aliphatic carbocycles. The SMILES string of the molecule is COP(=O)(CC(=O)NCc1ccccc1)OC. The molecule has 0 radical (unpaired) electrons. The molecule has 6 heteroatoms. The second-order valence-electron chi connectivity index (χ2n) is 3.40. The number of carbonyl (C=O) groups excluding carboxylic acids is 1. The number of hydrogen-bond acceptors (Lipinski definition) is 4. The summed E-state index contributed by atoms with van der Waals surface area (Å²) in [4.78, 5) is 11.5. The molecule has 17 heavy (non-hydrogen) atoms. The Morgan fingerprint density at radius 3 is 2.35 bits per heavy atom. The fourth-order valence-corrected chi connectivity index (χ4v) is 2.10. The second kappa shape index (κ2) is 6.55. The lowest BCUT2D eigenvalue weighted by molar-refractivity contribution is -0.119. The van der Waals surface area contributed by atoms with Gasteiger partial charge in [0, 0.05) is 20.8 Å². The third-order valence-electron chi connectivity index (χ3n) is 2.23. The van der Waals surface area contributed by atoms with Crippen LogP contribution in [-0.2, 0) is 25.0 Å². The number of hydrogen-bond donors (Lipinski definition) is 1. The predicted molar refractivity (Wildman–Crippen MR) is 64.8 cm³/mol. The molecule has 0 aliphatic heterocycles. The first-order valence-electron chi connectivity index (χ1n) is 5.11. The van der Waals surface area contributed by atoms with E-state index in [0.29, 0.717) is 6.54 Å². The van der Waals surface area contributed by atoms with E-state index >= 15 is 0 Å². The Morgan fingerprint density at radius 1 is 1.24 bits per heavy atom. The second-order valence-corrected chi connectivity index (χ2v) is 5.66. The van der Waals surface area contributed by atoms with Crippen molar-refractivity contribution < 1.29 is 18.4 Å². The number of rotatable bonds is 6. The highest BCUT2D eigenvalue weighted by Gasteiger charge is 2.25. The minimum absolute atomic E-state index is 0.271. The van der Waals surface area contributed by atoms with Crippen LogP contribution in [0.15, 0.2) is 30.3 Å². The first-order chi connectivity index (χ1) is 8.09. The molecule has 0 saturated carbocycles. The monoisotopic (exact) mass is 257 g/mol. The Balaban J connectivity index is 2.43. The topological polar surface area (TPSA) is 64.6 Å². The molecule has 0 aromatic heterocycles. The van der Waals surface area contributed by atoms with Gasteiger partial charge in [-0.15, -0.1) is 0 Å². The summed E-state index contributed by atoms with van der Waals surface area (Å²) in [7, 11) is -0.753. The Bertz CT molecular complexity index is 399. The van der Waals surface area contributed by atoms with Gasteiger partial charge in [-0.2, -0.15) is 0 Å². The molecule has 1 amide bonds. The molecule has 1 aromatic rings. The van der Waals surface area contributed by atoms with Gasteiger partial charge in [-0.3, -0.25) is 9.36 Å². The Labute approximate surface area is 101 Å². The van der Waals surface area contributed by atoms with Crippen molar-refractivity contribution >= 4 is 13.5 Å². The van der Waals surface area contributed by atoms with Crippen LogP contribution in [0.2, 0.25) is 0 Å². The maximum atomic E-state index is 11.7. The summed E-state index contributed by atoms with van der Waals surface area (Å²) in [5, 5.41) is 2.65. The van der Waals surface area contributed by atoms with Crippen LogP contribution in [-0.4, -0.2) is 26.3 Å². The first kappa shape index (κ1) is 13.9. The van der Waals surface area contributed by atoms with E-state index in [1.807, 2.05) is 30.3 Å². The van der Waals surface area contributed by atoms with E-state index in [0.717, 1.165) is 5.56 Å². The molecule has 0 atom stereocenters. The van der Waals surface area contributed by atoms with Gasteiger partial charge in [0.1, 0.15) is 6.16 Å². The highest BCUT2D eigenvalue weighted by Crippen LogP contribution is 2.45. The van der Waals surface area contributed by atoms with Gasteiger partial charge in [0.15, 0.2) is 0 Å². The summed E-state index contributed by atoms with van der Waals surface area (Å²) in [6.45, 7) is 0.396. The fraction of sp³-hybridized carbons (Fsp3) is 0.364. The maximum Gasteiger partial charge on any atom is 0.339 e. The van der Waals surface area contributed by atoms with Crippen LogP contribution in [0.5, 0.6) is 0 Å². The number of carbonyl (C=O) groups is 1. The Morgan fingerprint density at radius 2 is 1.82 bits per heavy atom. The molecule has 0 fully saturated rings. The smallest absolute Gasteiger partial charge is 0.339 e. The van der Waals surface area contributed by atoms with Crippen molar-refractivity contribution in [3.8, 4) is 0 Å². The van der Waals surface area contributed by atoms with E-state index in [4.69, 9.17) is 0 Å². The Hall–Kier alpha value is -1.16. The van der Waals surface area contributed by atoms with Gasteiger partial charge in [0.25, 0.3) is 0 Å². The highest BCUT2D eigenvalue weighted by molar-refractivity contribution is 7.54. The molecule has 0 spiro atoms. The molecule has 1 N–H and O–H groups in total. The van der Waals surface area contributed by atoms with E-state index in [9.17, 15) is 9.36 Å². The van der Waals surface area contributed by atoms with E-state index < -0.39 is 7.60 Å². The van der Waals surface area contributed by atoms with Gasteiger partial charge in [-0.05, 0) is 5.56 Å². The van der Waals surface area contributed by atoms with E-state index in [1.165, 1.54) is 14.2 Å². The Kier molecular flexibility index (Phi) is 5.35. The third kappa shape index (κ3) is 4.69. The quantitative estimate of drug-likeness (QED) is 0.789. The minimum atomic E-state index is -3.27.